The first kappa shape index (κ1) is 13.5. The van der Waals surface area contributed by atoms with E-state index in [1.807, 2.05) is 24.4 Å². The molecular formula is C18H15N2OSe+. The van der Waals surface area contributed by atoms with Gasteiger partial charge in [0.15, 0.2) is 0 Å². The molecule has 0 bridgehead atoms. The third kappa shape index (κ3) is 2.21. The Bertz CT molecular complexity index is 877. The average molecular weight is 354 g/mol. The predicted molar refractivity (Wildman–Crippen MR) is 87.1 cm³/mol. The molecule has 1 aliphatic rings. The third-order valence-electron chi connectivity index (χ3n) is 3.78. The Morgan fingerprint density at radius 3 is 2.86 bits per heavy atom. The number of aryl methyl sites for hydroxylation is 2. The Labute approximate surface area is 135 Å². The molecule has 0 spiro atoms. The van der Waals surface area contributed by atoms with E-state index in [9.17, 15) is 0 Å². The van der Waals surface area contributed by atoms with Crippen LogP contribution in [0.5, 0.6) is 11.5 Å². The first-order chi connectivity index (χ1) is 10.7. The molecule has 108 valence electrons. The van der Waals surface area contributed by atoms with E-state index in [4.69, 9.17) is 4.74 Å². The van der Waals surface area contributed by atoms with Gasteiger partial charge in [-0.3, -0.25) is 0 Å². The van der Waals surface area contributed by atoms with Gasteiger partial charge in [-0.2, -0.15) is 0 Å². The first-order valence-corrected chi connectivity index (χ1v) is 8.84. The van der Waals surface area contributed by atoms with Crippen LogP contribution in [0.1, 0.15) is 5.56 Å². The van der Waals surface area contributed by atoms with Crippen LogP contribution in [-0.2, 0) is 7.05 Å². The minimum absolute atomic E-state index is 0.181. The van der Waals surface area contributed by atoms with Gasteiger partial charge in [-0.15, -0.1) is 0 Å². The fourth-order valence-corrected chi connectivity index (χ4v) is 4.56. The first-order valence-electron chi connectivity index (χ1n) is 7.13. The van der Waals surface area contributed by atoms with Crippen molar-refractivity contribution in [2.45, 2.75) is 6.92 Å². The zero-order valence-electron chi connectivity index (χ0n) is 12.4. The van der Waals surface area contributed by atoms with Crippen molar-refractivity contribution in [1.82, 2.24) is 4.98 Å². The maximum absolute atomic E-state index is 6.03. The van der Waals surface area contributed by atoms with E-state index in [0.29, 0.717) is 0 Å². The van der Waals surface area contributed by atoms with Crippen molar-refractivity contribution in [2.24, 2.45) is 7.05 Å². The summed E-state index contributed by atoms with van der Waals surface area (Å²) in [7, 11) is 2.08. The third-order valence-corrected chi connectivity index (χ3v) is 5.96. The van der Waals surface area contributed by atoms with E-state index in [1.54, 1.807) is 0 Å². The van der Waals surface area contributed by atoms with Crippen LogP contribution in [0.2, 0.25) is 0 Å². The van der Waals surface area contributed by atoms with Crippen LogP contribution in [0.15, 0.2) is 54.9 Å². The molecule has 0 amide bonds. The molecule has 0 saturated heterocycles. The number of hydrogen-bond acceptors (Lipinski definition) is 2. The molecule has 22 heavy (non-hydrogen) atoms. The average Bonchev–Trinajstić information content (AvgIpc) is 2.53. The van der Waals surface area contributed by atoms with Crippen molar-refractivity contribution >= 4 is 24.0 Å². The van der Waals surface area contributed by atoms with Crippen LogP contribution in [-0.4, -0.2) is 19.9 Å². The summed E-state index contributed by atoms with van der Waals surface area (Å²) in [5.74, 6) is 1.87. The maximum atomic E-state index is 6.03. The van der Waals surface area contributed by atoms with Gasteiger partial charge in [0, 0.05) is 0 Å². The Morgan fingerprint density at radius 2 is 2.00 bits per heavy atom. The van der Waals surface area contributed by atoms with E-state index < -0.39 is 0 Å². The van der Waals surface area contributed by atoms with Gasteiger partial charge >= 0.3 is 135 Å². The predicted octanol–water partition coefficient (Wildman–Crippen LogP) is 1.64. The normalized spacial score (nSPS) is 12.3. The summed E-state index contributed by atoms with van der Waals surface area (Å²) in [5.41, 5.74) is 3.70. The van der Waals surface area contributed by atoms with Crippen molar-refractivity contribution in [3.63, 3.8) is 0 Å². The van der Waals surface area contributed by atoms with Gasteiger partial charge in [0.05, 0.1) is 0 Å². The SMILES string of the molecule is Cc1cc2c(cc1-c1cccc[n+]1C)[Se]c1ncccc1O2. The van der Waals surface area contributed by atoms with Crippen molar-refractivity contribution in [3.8, 4) is 22.8 Å². The summed E-state index contributed by atoms with van der Waals surface area (Å²) in [4.78, 5) is 4.46. The number of ether oxygens (including phenoxy) is 1. The Morgan fingerprint density at radius 1 is 1.09 bits per heavy atom. The van der Waals surface area contributed by atoms with Gasteiger partial charge in [-0.1, -0.05) is 0 Å². The monoisotopic (exact) mass is 355 g/mol. The molecule has 1 aliphatic heterocycles. The molecule has 0 atom stereocenters. The van der Waals surface area contributed by atoms with Crippen molar-refractivity contribution in [1.29, 1.82) is 0 Å². The molecule has 0 aliphatic carbocycles. The second-order valence-electron chi connectivity index (χ2n) is 5.32. The van der Waals surface area contributed by atoms with Crippen LogP contribution >= 0.6 is 0 Å². The summed E-state index contributed by atoms with van der Waals surface area (Å²) >= 11 is 0.181. The summed E-state index contributed by atoms with van der Waals surface area (Å²) in [6.07, 6.45) is 3.91. The van der Waals surface area contributed by atoms with Gasteiger partial charge < -0.3 is 0 Å². The zero-order valence-corrected chi connectivity index (χ0v) is 14.1. The second kappa shape index (κ2) is 5.24. The van der Waals surface area contributed by atoms with E-state index in [0.717, 1.165) is 16.1 Å². The van der Waals surface area contributed by atoms with Crippen LogP contribution in [0, 0.1) is 6.92 Å². The van der Waals surface area contributed by atoms with Crippen LogP contribution < -0.4 is 18.4 Å². The number of hydrogen-bond donors (Lipinski definition) is 0. The van der Waals surface area contributed by atoms with Gasteiger partial charge in [-0.25, -0.2) is 0 Å². The number of pyridine rings is 2. The van der Waals surface area contributed by atoms with E-state index in [-0.39, 0.29) is 15.0 Å². The molecule has 0 radical (unpaired) electrons. The number of aromatic nitrogens is 2. The zero-order chi connectivity index (χ0) is 15.1. The Hall–Kier alpha value is -2.16. The summed E-state index contributed by atoms with van der Waals surface area (Å²) < 4.78 is 10.5. The molecule has 1 aromatic carbocycles. The molecule has 0 saturated carbocycles. The summed E-state index contributed by atoms with van der Waals surface area (Å²) in [6, 6.07) is 14.6. The molecule has 2 aromatic heterocycles. The number of benzene rings is 1. The van der Waals surface area contributed by atoms with Crippen molar-refractivity contribution < 1.29 is 9.30 Å². The van der Waals surface area contributed by atoms with Crippen LogP contribution in [0.3, 0.4) is 0 Å². The molecule has 3 aromatic rings. The van der Waals surface area contributed by atoms with Crippen LogP contribution in [0.25, 0.3) is 11.3 Å². The standard InChI is InChI=1S/C18H15N2OSe/c1-12-10-16-17(22-18-15(21-16)7-5-8-19-18)11-13(12)14-6-3-4-9-20(14)2/h3-11H,1-2H3/q+1. The molecule has 4 rings (SSSR count). The number of nitrogens with zero attached hydrogens (tertiary/aromatic N) is 2. The number of fused-ring (bicyclic) bond motifs is 2. The molecular weight excluding hydrogens is 339 g/mol. The van der Waals surface area contributed by atoms with Crippen LogP contribution in [0.4, 0.5) is 0 Å². The van der Waals surface area contributed by atoms with E-state index >= 15 is 0 Å². The van der Waals surface area contributed by atoms with E-state index in [1.165, 1.54) is 21.3 Å². The minimum atomic E-state index is 0.181. The van der Waals surface area contributed by atoms with Crippen molar-refractivity contribution in [3.05, 3.63) is 60.4 Å². The van der Waals surface area contributed by atoms with Gasteiger partial charge in [0.25, 0.3) is 0 Å². The van der Waals surface area contributed by atoms with E-state index in [2.05, 4.69) is 54.0 Å². The molecule has 3 heterocycles. The Balaban J connectivity index is 1.84. The second-order valence-corrected chi connectivity index (χ2v) is 7.48. The molecule has 4 heteroatoms. The van der Waals surface area contributed by atoms with Crippen molar-refractivity contribution in [2.75, 3.05) is 0 Å². The number of rotatable bonds is 1. The van der Waals surface area contributed by atoms with Gasteiger partial charge in [-0.05, 0) is 0 Å². The molecule has 3 nitrogen and oxygen atoms in total. The summed E-state index contributed by atoms with van der Waals surface area (Å²) in [5, 5.41) is 0. The topological polar surface area (TPSA) is 26.0 Å². The quantitative estimate of drug-likeness (QED) is 0.384. The molecule has 0 N–H and O–H groups in total. The Kier molecular flexibility index (Phi) is 3.21. The fraction of sp³-hybridized carbons (Fsp3) is 0.111. The molecule has 0 unspecified atom stereocenters. The van der Waals surface area contributed by atoms with Gasteiger partial charge in [0.1, 0.15) is 0 Å². The fourth-order valence-electron chi connectivity index (χ4n) is 2.65. The molecule has 0 fully saturated rings. The summed E-state index contributed by atoms with van der Waals surface area (Å²) in [6.45, 7) is 2.14. The van der Waals surface area contributed by atoms with Gasteiger partial charge in [0.2, 0.25) is 0 Å².